The van der Waals surface area contributed by atoms with E-state index in [0.717, 1.165) is 12.0 Å². The van der Waals surface area contributed by atoms with E-state index in [1.807, 2.05) is 0 Å². The van der Waals surface area contributed by atoms with Crippen LogP contribution < -0.4 is 10.6 Å². The number of rotatable bonds is 8. The largest absolute Gasteiger partial charge is 0.477 e. The highest BCUT2D eigenvalue weighted by molar-refractivity contribution is 6.06. The van der Waals surface area contributed by atoms with Crippen LogP contribution in [-0.2, 0) is 28.7 Å². The van der Waals surface area contributed by atoms with E-state index in [0.29, 0.717) is 5.56 Å². The molecule has 3 amide bonds. The molecule has 174 valence electrons. The van der Waals surface area contributed by atoms with Crippen LogP contribution in [0.4, 0.5) is 4.79 Å². The summed E-state index contributed by atoms with van der Waals surface area (Å²) < 4.78 is 9.52. The molecule has 1 saturated heterocycles. The normalized spacial score (nSPS) is 20.0. The Labute approximate surface area is 189 Å². The van der Waals surface area contributed by atoms with Crippen LogP contribution in [-0.4, -0.2) is 65.7 Å². The Morgan fingerprint density at radius 2 is 1.97 bits per heavy atom. The number of carboxylic acids is 1. The molecular formula is C22H23N3O8. The number of β-lactam (4-membered cyclic amide) rings is 1. The highest BCUT2D eigenvalue weighted by atomic mass is 16.5. The van der Waals surface area contributed by atoms with Gasteiger partial charge < -0.3 is 25.2 Å². The first-order valence-electron chi connectivity index (χ1n) is 10.1. The summed E-state index contributed by atoms with van der Waals surface area (Å²) in [5, 5.41) is 14.6. The lowest BCUT2D eigenvalue weighted by molar-refractivity contribution is -0.157. The van der Waals surface area contributed by atoms with Gasteiger partial charge in [-0.2, -0.15) is 0 Å². The predicted molar refractivity (Wildman–Crippen MR) is 112 cm³/mol. The molecule has 11 heteroatoms. The van der Waals surface area contributed by atoms with Crippen molar-refractivity contribution in [3.63, 3.8) is 0 Å². The second kappa shape index (κ2) is 9.98. The maximum absolute atomic E-state index is 13.0. The van der Waals surface area contributed by atoms with Gasteiger partial charge in [-0.15, -0.1) is 0 Å². The fourth-order valence-electron chi connectivity index (χ4n) is 3.86. The van der Waals surface area contributed by atoms with Crippen LogP contribution in [0.25, 0.3) is 0 Å². The van der Waals surface area contributed by atoms with Crippen molar-refractivity contribution in [2.24, 2.45) is 0 Å². The van der Waals surface area contributed by atoms with Gasteiger partial charge in [-0.25, -0.2) is 14.4 Å². The molecule has 2 aliphatic rings. The van der Waals surface area contributed by atoms with Gasteiger partial charge in [0.2, 0.25) is 5.91 Å². The Morgan fingerprint density at radius 3 is 2.58 bits per heavy atom. The number of aliphatic carboxylic acids is 1. The number of carbonyl (C=O) groups is 5. The number of nitrogens with one attached hydrogen (secondary N) is 2. The molecule has 0 aromatic heterocycles. The lowest BCUT2D eigenvalue weighted by Gasteiger charge is -2.50. The highest BCUT2D eigenvalue weighted by Gasteiger charge is 2.54. The minimum absolute atomic E-state index is 0.0556. The first kappa shape index (κ1) is 23.5. The number of esters is 1. The van der Waals surface area contributed by atoms with Crippen LogP contribution >= 0.6 is 0 Å². The van der Waals surface area contributed by atoms with Gasteiger partial charge in [0.15, 0.2) is 0 Å². The molecule has 0 radical (unpaired) electrons. The van der Waals surface area contributed by atoms with E-state index >= 15 is 0 Å². The van der Waals surface area contributed by atoms with E-state index in [1.54, 1.807) is 30.3 Å². The first-order chi connectivity index (χ1) is 15.8. The lowest BCUT2D eigenvalue weighted by atomic mass is 9.83. The maximum Gasteiger partial charge on any atom is 0.408 e. The maximum atomic E-state index is 13.0. The van der Waals surface area contributed by atoms with E-state index in [9.17, 15) is 29.1 Å². The molecule has 2 heterocycles. The molecule has 0 saturated carbocycles. The molecule has 3 N–H and O–H groups in total. The second-order valence-corrected chi connectivity index (χ2v) is 7.30. The summed E-state index contributed by atoms with van der Waals surface area (Å²) in [4.78, 5) is 62.5. The molecule has 0 bridgehead atoms. The van der Waals surface area contributed by atoms with E-state index < -0.39 is 53.7 Å². The molecule has 1 fully saturated rings. The van der Waals surface area contributed by atoms with Crippen molar-refractivity contribution < 1.29 is 38.6 Å². The highest BCUT2D eigenvalue weighted by Crippen LogP contribution is 2.37. The van der Waals surface area contributed by atoms with Crippen LogP contribution in [0.1, 0.15) is 24.4 Å². The topological polar surface area (TPSA) is 151 Å². The minimum Gasteiger partial charge on any atom is -0.477 e. The van der Waals surface area contributed by atoms with E-state index in [-0.39, 0.29) is 25.0 Å². The summed E-state index contributed by atoms with van der Waals surface area (Å²) in [6, 6.07) is 5.54. The zero-order valence-corrected chi connectivity index (χ0v) is 17.8. The molecular weight excluding hydrogens is 434 g/mol. The number of methoxy groups -OCH3 is 1. The summed E-state index contributed by atoms with van der Waals surface area (Å²) >= 11 is 0. The number of fused-ring (bicyclic) bond motifs is 1. The Balaban J connectivity index is 1.79. The number of hydrogen-bond donors (Lipinski definition) is 3. The zero-order valence-electron chi connectivity index (χ0n) is 17.8. The van der Waals surface area contributed by atoms with Gasteiger partial charge in [-0.1, -0.05) is 43.0 Å². The van der Waals surface area contributed by atoms with Crippen molar-refractivity contribution in [2.45, 2.75) is 31.0 Å². The van der Waals surface area contributed by atoms with E-state index in [2.05, 4.69) is 21.9 Å². The molecule has 3 rings (SSSR count). The number of benzene rings is 1. The quantitative estimate of drug-likeness (QED) is 0.292. The van der Waals surface area contributed by atoms with Crippen molar-refractivity contribution in [1.29, 1.82) is 0 Å². The molecule has 1 unspecified atom stereocenters. The number of carboxylic acid groups (broad SMARTS) is 1. The molecule has 1 aromatic rings. The van der Waals surface area contributed by atoms with Crippen molar-refractivity contribution in [3.05, 3.63) is 59.8 Å². The summed E-state index contributed by atoms with van der Waals surface area (Å²) in [7, 11) is 1.12. The number of alkyl carbamates (subject to hydrolysis) is 1. The molecule has 2 aliphatic heterocycles. The molecule has 1 aromatic carbocycles. The fourth-order valence-corrected chi connectivity index (χ4v) is 3.86. The molecule has 3 atom stereocenters. The van der Waals surface area contributed by atoms with Crippen molar-refractivity contribution in [1.82, 2.24) is 15.5 Å². The summed E-state index contributed by atoms with van der Waals surface area (Å²) in [5.41, 5.74) is -0.0931. The molecule has 0 spiro atoms. The molecule has 11 nitrogen and oxygen atoms in total. The van der Waals surface area contributed by atoms with E-state index in [4.69, 9.17) is 4.74 Å². The lowest BCUT2D eigenvalue weighted by Crippen LogP contribution is -2.72. The average molecular weight is 457 g/mol. The minimum atomic E-state index is -1.44. The average Bonchev–Trinajstić information content (AvgIpc) is 2.83. The third kappa shape index (κ3) is 4.71. The summed E-state index contributed by atoms with van der Waals surface area (Å²) in [5.74, 6) is -3.60. The Morgan fingerprint density at radius 1 is 1.27 bits per heavy atom. The number of amides is 3. The number of carbonyl (C=O) groups excluding carboxylic acids is 4. The Bertz CT molecular complexity index is 1020. The third-order valence-corrected chi connectivity index (χ3v) is 5.36. The van der Waals surface area contributed by atoms with Gasteiger partial charge in [0, 0.05) is 0 Å². The van der Waals surface area contributed by atoms with Crippen molar-refractivity contribution in [3.8, 4) is 0 Å². The van der Waals surface area contributed by atoms with Crippen LogP contribution in [0.3, 0.4) is 0 Å². The van der Waals surface area contributed by atoms with Crippen LogP contribution in [0.5, 0.6) is 0 Å². The molecule has 33 heavy (non-hydrogen) atoms. The Hall–Kier alpha value is -4.15. The van der Waals surface area contributed by atoms with Crippen LogP contribution in [0.15, 0.2) is 54.3 Å². The fraction of sp³-hybridized carbons (Fsp3) is 0.318. The standard InChI is InChI=1S/C22H23N3O8/c1-3-11-33-22(31)24-15(12-7-5-4-6-8-12)18(26)23-16-14-10-9-13(21(30)32-2)17(20(28)29)25(14)19(16)27/h3-8,14-16H,1,9-11H2,2H3,(H,23,26)(H,24,31)(H,28,29)/t14-,15?,16-/m0/s1. The monoisotopic (exact) mass is 457 g/mol. The second-order valence-electron chi connectivity index (χ2n) is 7.30. The first-order valence-corrected chi connectivity index (χ1v) is 10.1. The zero-order chi connectivity index (χ0) is 24.1. The van der Waals surface area contributed by atoms with Gasteiger partial charge in [-0.05, 0) is 18.4 Å². The number of ether oxygens (including phenoxy) is 2. The summed E-state index contributed by atoms with van der Waals surface area (Å²) in [6.45, 7) is 3.39. The van der Waals surface area contributed by atoms with E-state index in [1.165, 1.54) is 6.08 Å². The summed E-state index contributed by atoms with van der Waals surface area (Å²) in [6.07, 6.45) is 0.848. The SMILES string of the molecule is C=CCOC(=O)NC(C(=O)N[C@@H]1C(=O)N2C(C(=O)O)=C(C(=O)OC)CC[C@@H]12)c1ccccc1. The van der Waals surface area contributed by atoms with Gasteiger partial charge in [0.05, 0.1) is 18.7 Å². The van der Waals surface area contributed by atoms with Crippen molar-refractivity contribution >= 4 is 29.8 Å². The number of hydrogen-bond acceptors (Lipinski definition) is 7. The van der Waals surface area contributed by atoms with Gasteiger partial charge >= 0.3 is 18.0 Å². The smallest absolute Gasteiger partial charge is 0.408 e. The van der Waals surface area contributed by atoms with Gasteiger partial charge in [0.1, 0.15) is 24.4 Å². The molecule has 0 aliphatic carbocycles. The number of nitrogens with zero attached hydrogens (tertiary/aromatic N) is 1. The van der Waals surface area contributed by atoms with Crippen LogP contribution in [0.2, 0.25) is 0 Å². The predicted octanol–water partition coefficient (Wildman–Crippen LogP) is 0.641. The van der Waals surface area contributed by atoms with Crippen molar-refractivity contribution in [2.75, 3.05) is 13.7 Å². The van der Waals surface area contributed by atoms with Gasteiger partial charge in [0.25, 0.3) is 5.91 Å². The van der Waals surface area contributed by atoms with Gasteiger partial charge in [-0.3, -0.25) is 14.5 Å². The van der Waals surface area contributed by atoms with Crippen LogP contribution in [0, 0.1) is 0 Å². The third-order valence-electron chi connectivity index (χ3n) is 5.36. The Kier molecular flexibility index (Phi) is 7.11.